The van der Waals surface area contributed by atoms with Crippen molar-refractivity contribution in [1.29, 1.82) is 0 Å². The summed E-state index contributed by atoms with van der Waals surface area (Å²) < 4.78 is 6.90. The average Bonchev–Trinajstić information content (AvgIpc) is 3.14. The van der Waals surface area contributed by atoms with E-state index in [9.17, 15) is 14.4 Å². The van der Waals surface area contributed by atoms with E-state index in [-0.39, 0.29) is 29.9 Å². The Morgan fingerprint density at radius 3 is 2.46 bits per heavy atom. The number of fused-ring (bicyclic) bond motifs is 1. The molecule has 2 aromatic heterocycles. The molecule has 2 aromatic carbocycles. The molecule has 0 aliphatic carbocycles. The van der Waals surface area contributed by atoms with Crippen LogP contribution in [0.5, 0.6) is 5.75 Å². The second kappa shape index (κ2) is 9.84. The van der Waals surface area contributed by atoms with E-state index in [1.165, 1.54) is 22.2 Å². The van der Waals surface area contributed by atoms with E-state index in [2.05, 4.69) is 10.3 Å². The van der Waals surface area contributed by atoms with Crippen LogP contribution in [0.4, 0.5) is 5.69 Å². The summed E-state index contributed by atoms with van der Waals surface area (Å²) in [4.78, 5) is 44.3. The highest BCUT2D eigenvalue weighted by atomic mass is 32.1. The summed E-state index contributed by atoms with van der Waals surface area (Å²) in [5.74, 6) is 0.172. The highest BCUT2D eigenvalue weighted by Gasteiger charge is 2.21. The number of ether oxygens (including phenoxy) is 1. The zero-order valence-corrected chi connectivity index (χ0v) is 21.2. The van der Waals surface area contributed by atoms with Crippen molar-refractivity contribution in [3.05, 3.63) is 86.3 Å². The fourth-order valence-corrected chi connectivity index (χ4v) is 4.89. The van der Waals surface area contributed by atoms with Gasteiger partial charge in [-0.05, 0) is 76.1 Å². The molecule has 8 heteroatoms. The van der Waals surface area contributed by atoms with Crippen LogP contribution < -0.4 is 15.6 Å². The van der Waals surface area contributed by atoms with Crippen LogP contribution in [0.15, 0.2) is 53.6 Å². The van der Waals surface area contributed by atoms with Gasteiger partial charge in [0.05, 0.1) is 29.2 Å². The molecule has 0 saturated carbocycles. The molecule has 0 aliphatic rings. The van der Waals surface area contributed by atoms with Gasteiger partial charge in [-0.1, -0.05) is 17.7 Å². The van der Waals surface area contributed by atoms with Crippen molar-refractivity contribution >= 4 is 38.9 Å². The summed E-state index contributed by atoms with van der Waals surface area (Å²) in [6, 6.07) is 12.6. The van der Waals surface area contributed by atoms with E-state index in [0.717, 1.165) is 16.8 Å². The molecular formula is C27H27N3O4S. The zero-order chi connectivity index (χ0) is 25.3. The average molecular weight is 490 g/mol. The number of thiophene rings is 1. The Balaban J connectivity index is 1.58. The van der Waals surface area contributed by atoms with Gasteiger partial charge in [0.1, 0.15) is 10.6 Å². The van der Waals surface area contributed by atoms with Crippen molar-refractivity contribution in [2.45, 2.75) is 47.3 Å². The summed E-state index contributed by atoms with van der Waals surface area (Å²) in [6.07, 6.45) is 1.40. The van der Waals surface area contributed by atoms with E-state index >= 15 is 0 Å². The predicted octanol–water partition coefficient (Wildman–Crippen LogP) is 5.31. The summed E-state index contributed by atoms with van der Waals surface area (Å²) >= 11 is 1.17. The van der Waals surface area contributed by atoms with Crippen LogP contribution in [0.1, 0.15) is 50.6 Å². The number of Topliss-reactive ketones (excluding diaryl/α,β-unsaturated/α-hetero) is 1. The molecule has 4 aromatic rings. The Morgan fingerprint density at radius 2 is 1.80 bits per heavy atom. The molecule has 35 heavy (non-hydrogen) atoms. The normalized spacial score (nSPS) is 11.1. The third kappa shape index (κ3) is 5.17. The smallest absolute Gasteiger partial charge is 0.266 e. The second-order valence-electron chi connectivity index (χ2n) is 8.80. The van der Waals surface area contributed by atoms with Crippen molar-refractivity contribution in [2.24, 2.45) is 0 Å². The van der Waals surface area contributed by atoms with Crippen LogP contribution in [0.3, 0.4) is 0 Å². The number of carbonyl (C=O) groups excluding carboxylic acids is 2. The van der Waals surface area contributed by atoms with Crippen LogP contribution in [0.2, 0.25) is 0 Å². The number of carbonyl (C=O) groups is 2. The van der Waals surface area contributed by atoms with Crippen molar-refractivity contribution in [2.75, 3.05) is 5.32 Å². The molecule has 1 N–H and O–H groups in total. The largest absolute Gasteiger partial charge is 0.491 e. The minimum absolute atomic E-state index is 0.0367. The quantitative estimate of drug-likeness (QED) is 0.356. The Morgan fingerprint density at radius 1 is 1.09 bits per heavy atom. The monoisotopic (exact) mass is 489 g/mol. The van der Waals surface area contributed by atoms with E-state index < -0.39 is 0 Å². The minimum Gasteiger partial charge on any atom is -0.491 e. The second-order valence-corrected chi connectivity index (χ2v) is 9.80. The van der Waals surface area contributed by atoms with Crippen molar-refractivity contribution in [1.82, 2.24) is 9.55 Å². The number of aryl methyl sites for hydroxylation is 3. The molecule has 0 spiro atoms. The highest BCUT2D eigenvalue weighted by molar-refractivity contribution is 7.20. The van der Waals surface area contributed by atoms with E-state index in [0.29, 0.717) is 32.0 Å². The molecule has 0 unspecified atom stereocenters. The van der Waals surface area contributed by atoms with E-state index in [4.69, 9.17) is 4.74 Å². The molecule has 0 fully saturated rings. The van der Waals surface area contributed by atoms with Gasteiger partial charge >= 0.3 is 0 Å². The lowest BCUT2D eigenvalue weighted by Crippen LogP contribution is -2.24. The summed E-state index contributed by atoms with van der Waals surface area (Å²) in [6.45, 7) is 9.37. The first kappa shape index (κ1) is 24.3. The van der Waals surface area contributed by atoms with Crippen LogP contribution in [-0.4, -0.2) is 27.3 Å². The molecule has 0 radical (unpaired) electrons. The maximum Gasteiger partial charge on any atom is 0.266 e. The lowest BCUT2D eigenvalue weighted by Gasteiger charge is -2.10. The summed E-state index contributed by atoms with van der Waals surface area (Å²) in [7, 11) is 0. The molecule has 0 aliphatic heterocycles. The van der Waals surface area contributed by atoms with Crippen molar-refractivity contribution in [3.8, 4) is 5.75 Å². The first-order valence-corrected chi connectivity index (χ1v) is 12.1. The Kier molecular flexibility index (Phi) is 6.84. The molecular weight excluding hydrogens is 462 g/mol. The van der Waals surface area contributed by atoms with Crippen LogP contribution in [0, 0.1) is 20.8 Å². The van der Waals surface area contributed by atoms with Crippen molar-refractivity contribution < 1.29 is 14.3 Å². The van der Waals surface area contributed by atoms with Gasteiger partial charge in [0.2, 0.25) is 0 Å². The predicted molar refractivity (Wildman–Crippen MR) is 139 cm³/mol. The SMILES string of the molecule is Cc1ccc(NC(=O)c2sc3ncn(CC(=O)c4ccc(OC(C)C)cc4)c(=O)c3c2C)c(C)c1. The fraction of sp³-hybridized carbons (Fsp3) is 0.259. The first-order valence-electron chi connectivity index (χ1n) is 11.3. The molecule has 0 saturated heterocycles. The number of nitrogens with zero attached hydrogens (tertiary/aromatic N) is 2. The van der Waals surface area contributed by atoms with E-state index in [1.54, 1.807) is 31.2 Å². The number of hydrogen-bond donors (Lipinski definition) is 1. The molecule has 0 atom stereocenters. The van der Waals surface area contributed by atoms with Gasteiger partial charge < -0.3 is 10.1 Å². The third-order valence-corrected chi connectivity index (χ3v) is 6.81. The van der Waals surface area contributed by atoms with Gasteiger partial charge in [-0.25, -0.2) is 4.98 Å². The number of amides is 1. The van der Waals surface area contributed by atoms with E-state index in [1.807, 2.05) is 45.9 Å². The third-order valence-electron chi connectivity index (χ3n) is 5.62. The Bertz CT molecular complexity index is 1480. The molecule has 1 amide bonds. The molecule has 4 rings (SSSR count). The van der Waals surface area contributed by atoms with Gasteiger partial charge in [-0.2, -0.15) is 0 Å². The summed E-state index contributed by atoms with van der Waals surface area (Å²) in [5.41, 5.74) is 3.48. The van der Waals surface area contributed by atoms with Crippen LogP contribution >= 0.6 is 11.3 Å². The highest BCUT2D eigenvalue weighted by Crippen LogP contribution is 2.28. The fourth-order valence-electron chi connectivity index (χ4n) is 3.86. The van der Waals surface area contributed by atoms with Gasteiger partial charge in [0, 0.05) is 11.3 Å². The number of rotatable bonds is 7. The zero-order valence-electron chi connectivity index (χ0n) is 20.3. The van der Waals surface area contributed by atoms with Crippen LogP contribution in [-0.2, 0) is 6.54 Å². The Hall–Kier alpha value is -3.78. The summed E-state index contributed by atoms with van der Waals surface area (Å²) in [5, 5.41) is 3.29. The first-order chi connectivity index (χ1) is 16.6. The van der Waals surface area contributed by atoms with Gasteiger partial charge in [0.15, 0.2) is 5.78 Å². The van der Waals surface area contributed by atoms with Gasteiger partial charge in [-0.3, -0.25) is 19.0 Å². The topological polar surface area (TPSA) is 90.3 Å². The lowest BCUT2D eigenvalue weighted by molar-refractivity contribution is 0.0969. The number of anilines is 1. The van der Waals surface area contributed by atoms with Gasteiger partial charge in [-0.15, -0.1) is 11.3 Å². The molecule has 2 heterocycles. The molecule has 7 nitrogen and oxygen atoms in total. The number of nitrogens with one attached hydrogen (secondary N) is 1. The number of hydrogen-bond acceptors (Lipinski definition) is 6. The molecule has 180 valence electrons. The van der Waals surface area contributed by atoms with Crippen molar-refractivity contribution in [3.63, 3.8) is 0 Å². The number of aromatic nitrogens is 2. The van der Waals surface area contributed by atoms with Gasteiger partial charge in [0.25, 0.3) is 11.5 Å². The number of ketones is 1. The number of benzene rings is 2. The molecule has 0 bridgehead atoms. The maximum atomic E-state index is 13.2. The maximum absolute atomic E-state index is 13.2. The van der Waals surface area contributed by atoms with Crippen LogP contribution in [0.25, 0.3) is 10.2 Å². The lowest BCUT2D eigenvalue weighted by atomic mass is 10.1. The minimum atomic E-state index is -0.345. The Labute approximate surface area is 207 Å². The standard InChI is InChI=1S/C27H27N3O4S/c1-15(2)34-20-9-7-19(8-10-20)22(31)13-30-14-28-26-23(27(30)33)18(5)24(35-26)25(32)29-21-11-6-16(3)12-17(21)4/h6-12,14-15H,13H2,1-5H3,(H,29,32).